The predicted molar refractivity (Wildman–Crippen MR) is 104 cm³/mol. The molecule has 2 fully saturated rings. The van der Waals surface area contributed by atoms with Gasteiger partial charge in [0.25, 0.3) is 5.91 Å². The van der Waals surface area contributed by atoms with Gasteiger partial charge in [-0.1, -0.05) is 25.1 Å². The zero-order valence-electron chi connectivity index (χ0n) is 16.0. The van der Waals surface area contributed by atoms with Crippen LogP contribution in [0.2, 0.25) is 0 Å². The fourth-order valence-electron chi connectivity index (χ4n) is 4.53. The lowest BCUT2D eigenvalue weighted by Gasteiger charge is -2.37. The van der Waals surface area contributed by atoms with Crippen molar-refractivity contribution in [2.75, 3.05) is 32.7 Å². The van der Waals surface area contributed by atoms with E-state index in [0.29, 0.717) is 11.7 Å². The third-order valence-electron chi connectivity index (χ3n) is 6.24. The molecule has 2 saturated heterocycles. The lowest BCUT2D eigenvalue weighted by atomic mass is 9.94. The van der Waals surface area contributed by atoms with Crippen molar-refractivity contribution in [3.63, 3.8) is 0 Å². The molecule has 0 N–H and O–H groups in total. The average Bonchev–Trinajstić information content (AvgIpc) is 3.00. The predicted octanol–water partition coefficient (Wildman–Crippen LogP) is 4.33. The summed E-state index contributed by atoms with van der Waals surface area (Å²) < 4.78 is 5.91. The lowest BCUT2D eigenvalue weighted by Crippen LogP contribution is -2.45. The minimum atomic E-state index is 0.0654. The quantitative estimate of drug-likeness (QED) is 0.823. The van der Waals surface area contributed by atoms with Crippen LogP contribution in [0, 0.1) is 18.8 Å². The van der Waals surface area contributed by atoms with Crippen molar-refractivity contribution in [1.29, 1.82) is 0 Å². The molecule has 0 radical (unpaired) electrons. The van der Waals surface area contributed by atoms with Gasteiger partial charge in [-0.15, -0.1) is 0 Å². The molecule has 2 aromatic rings. The second-order valence-electron chi connectivity index (χ2n) is 8.29. The summed E-state index contributed by atoms with van der Waals surface area (Å²) in [6.07, 6.45) is 4.95. The third kappa shape index (κ3) is 3.52. The van der Waals surface area contributed by atoms with Crippen molar-refractivity contribution in [3.8, 4) is 0 Å². The van der Waals surface area contributed by atoms with Gasteiger partial charge in [0.2, 0.25) is 0 Å². The van der Waals surface area contributed by atoms with Crippen molar-refractivity contribution in [2.45, 2.75) is 39.5 Å². The lowest BCUT2D eigenvalue weighted by molar-refractivity contribution is 0.0593. The molecule has 1 aromatic heterocycles. The van der Waals surface area contributed by atoms with E-state index in [1.807, 2.05) is 36.1 Å². The Balaban J connectivity index is 1.43. The summed E-state index contributed by atoms with van der Waals surface area (Å²) in [5, 5.41) is 1.05. The first-order valence-electron chi connectivity index (χ1n) is 10.1. The highest BCUT2D eigenvalue weighted by atomic mass is 16.3. The number of carbonyl (C=O) groups excluding carboxylic acids is 1. The van der Waals surface area contributed by atoms with E-state index in [9.17, 15) is 4.79 Å². The second kappa shape index (κ2) is 7.43. The Morgan fingerprint density at radius 1 is 1.15 bits per heavy atom. The summed E-state index contributed by atoms with van der Waals surface area (Å²) in [6, 6.07) is 7.92. The van der Waals surface area contributed by atoms with Crippen LogP contribution in [-0.4, -0.2) is 48.4 Å². The van der Waals surface area contributed by atoms with Crippen LogP contribution >= 0.6 is 0 Å². The summed E-state index contributed by atoms with van der Waals surface area (Å²) in [5.74, 6) is 2.05. The molecule has 0 saturated carbocycles. The molecule has 26 heavy (non-hydrogen) atoms. The molecule has 1 amide bonds. The number of rotatable bonds is 3. The van der Waals surface area contributed by atoms with Crippen molar-refractivity contribution >= 4 is 16.9 Å². The molecule has 1 unspecified atom stereocenters. The van der Waals surface area contributed by atoms with E-state index < -0.39 is 0 Å². The van der Waals surface area contributed by atoms with E-state index >= 15 is 0 Å². The highest BCUT2D eigenvalue weighted by molar-refractivity contribution is 5.98. The number of aryl methyl sites for hydroxylation is 1. The summed E-state index contributed by atoms with van der Waals surface area (Å²) in [4.78, 5) is 17.7. The molecule has 1 aromatic carbocycles. The number of likely N-dealkylation sites (tertiary alicyclic amines) is 2. The number of hydrogen-bond donors (Lipinski definition) is 0. The standard InChI is InChI=1S/C22H30N2O2/c1-16-9-12-23(13-10-16)14-18-6-5-11-24(15-18)22(25)21-17(2)19-7-3-4-8-20(19)26-21/h3-4,7-8,16,18H,5-6,9-15H2,1-2H3. The zero-order chi connectivity index (χ0) is 18.1. The maximum atomic E-state index is 13.1. The Morgan fingerprint density at radius 3 is 2.69 bits per heavy atom. The fourth-order valence-corrected chi connectivity index (χ4v) is 4.53. The number of amides is 1. The van der Waals surface area contributed by atoms with Crippen molar-refractivity contribution in [1.82, 2.24) is 9.80 Å². The molecule has 2 aliphatic rings. The van der Waals surface area contributed by atoms with Gasteiger partial charge in [0, 0.05) is 30.6 Å². The van der Waals surface area contributed by atoms with E-state index in [1.165, 1.54) is 32.4 Å². The maximum Gasteiger partial charge on any atom is 0.289 e. The molecule has 4 heteroatoms. The number of nitrogens with zero attached hydrogens (tertiary/aromatic N) is 2. The number of hydrogen-bond acceptors (Lipinski definition) is 3. The maximum absolute atomic E-state index is 13.1. The molecule has 4 rings (SSSR count). The van der Waals surface area contributed by atoms with Gasteiger partial charge in [0.1, 0.15) is 5.58 Å². The minimum Gasteiger partial charge on any atom is -0.451 e. The van der Waals surface area contributed by atoms with Gasteiger partial charge in [0.05, 0.1) is 0 Å². The molecule has 4 nitrogen and oxygen atoms in total. The number of para-hydroxylation sites is 1. The number of furan rings is 1. The highest BCUT2D eigenvalue weighted by Crippen LogP contribution is 2.28. The van der Waals surface area contributed by atoms with Crippen LogP contribution in [0.25, 0.3) is 11.0 Å². The van der Waals surface area contributed by atoms with Gasteiger partial charge in [-0.25, -0.2) is 0 Å². The van der Waals surface area contributed by atoms with E-state index in [2.05, 4.69) is 11.8 Å². The molecular weight excluding hydrogens is 324 g/mol. The average molecular weight is 354 g/mol. The van der Waals surface area contributed by atoms with Crippen LogP contribution in [-0.2, 0) is 0 Å². The van der Waals surface area contributed by atoms with Gasteiger partial charge < -0.3 is 14.2 Å². The largest absolute Gasteiger partial charge is 0.451 e. The first kappa shape index (κ1) is 17.6. The minimum absolute atomic E-state index is 0.0654. The van der Waals surface area contributed by atoms with Gasteiger partial charge in [0.15, 0.2) is 5.76 Å². The number of piperidine rings is 2. The summed E-state index contributed by atoms with van der Waals surface area (Å²) in [5.41, 5.74) is 1.78. The third-order valence-corrected chi connectivity index (χ3v) is 6.24. The van der Waals surface area contributed by atoms with Crippen LogP contribution in [0.4, 0.5) is 0 Å². The summed E-state index contributed by atoms with van der Waals surface area (Å²) in [6.45, 7) is 9.63. The fraction of sp³-hybridized carbons (Fsp3) is 0.591. The first-order chi connectivity index (χ1) is 12.6. The van der Waals surface area contributed by atoms with Gasteiger partial charge in [-0.2, -0.15) is 0 Å². The van der Waals surface area contributed by atoms with Crippen LogP contribution < -0.4 is 0 Å². The number of fused-ring (bicyclic) bond motifs is 1. The normalized spacial score (nSPS) is 22.8. The Bertz CT molecular complexity index is 774. The first-order valence-corrected chi connectivity index (χ1v) is 10.1. The van der Waals surface area contributed by atoms with Crippen molar-refractivity contribution in [2.24, 2.45) is 11.8 Å². The monoisotopic (exact) mass is 354 g/mol. The molecule has 0 aliphatic carbocycles. The number of benzene rings is 1. The molecule has 1 atom stereocenters. The molecule has 3 heterocycles. The molecule has 2 aliphatic heterocycles. The van der Waals surface area contributed by atoms with Crippen molar-refractivity contribution < 1.29 is 9.21 Å². The van der Waals surface area contributed by atoms with E-state index in [0.717, 1.165) is 48.5 Å². The van der Waals surface area contributed by atoms with Crippen LogP contribution in [0.3, 0.4) is 0 Å². The molecule has 0 spiro atoms. The van der Waals surface area contributed by atoms with E-state index in [1.54, 1.807) is 0 Å². The Morgan fingerprint density at radius 2 is 1.92 bits per heavy atom. The Labute approximate surface area is 156 Å². The van der Waals surface area contributed by atoms with Gasteiger partial charge in [-0.05, 0) is 63.6 Å². The van der Waals surface area contributed by atoms with Gasteiger partial charge >= 0.3 is 0 Å². The summed E-state index contributed by atoms with van der Waals surface area (Å²) >= 11 is 0. The Hall–Kier alpha value is -1.81. The molecule has 0 bridgehead atoms. The van der Waals surface area contributed by atoms with Crippen LogP contribution in [0.15, 0.2) is 28.7 Å². The topological polar surface area (TPSA) is 36.7 Å². The SMILES string of the molecule is Cc1c(C(=O)N2CCCC(CN3CCC(C)CC3)C2)oc2ccccc12. The molecular formula is C22H30N2O2. The number of carbonyl (C=O) groups is 1. The van der Waals surface area contributed by atoms with Gasteiger partial charge in [-0.3, -0.25) is 4.79 Å². The summed E-state index contributed by atoms with van der Waals surface area (Å²) in [7, 11) is 0. The van der Waals surface area contributed by atoms with E-state index in [4.69, 9.17) is 4.42 Å². The molecule has 140 valence electrons. The smallest absolute Gasteiger partial charge is 0.289 e. The van der Waals surface area contributed by atoms with Crippen molar-refractivity contribution in [3.05, 3.63) is 35.6 Å². The second-order valence-corrected chi connectivity index (χ2v) is 8.29. The van der Waals surface area contributed by atoms with E-state index in [-0.39, 0.29) is 5.91 Å². The highest BCUT2D eigenvalue weighted by Gasteiger charge is 2.29. The van der Waals surface area contributed by atoms with Crippen LogP contribution in [0.5, 0.6) is 0 Å². The Kier molecular flexibility index (Phi) is 5.03. The zero-order valence-corrected chi connectivity index (χ0v) is 16.0. The van der Waals surface area contributed by atoms with Crippen LogP contribution in [0.1, 0.15) is 48.7 Å².